The van der Waals surface area contributed by atoms with Crippen LogP contribution in [0, 0.1) is 18.8 Å². The fourth-order valence-electron chi connectivity index (χ4n) is 4.72. The number of fused-ring (bicyclic) bond motifs is 1. The van der Waals surface area contributed by atoms with Crippen molar-refractivity contribution < 1.29 is 31.1 Å². The lowest BCUT2D eigenvalue weighted by Crippen LogP contribution is -2.43. The Balaban J connectivity index is 1.65. The number of rotatable bonds is 7. The van der Waals surface area contributed by atoms with E-state index in [0.29, 0.717) is 17.0 Å². The van der Waals surface area contributed by atoms with E-state index >= 15 is 0 Å². The molecule has 3 aromatic rings. The Kier molecular flexibility index (Phi) is 8.84. The number of anilines is 1. The quantitative estimate of drug-likeness (QED) is 0.405. The number of carbonyl (C=O) groups excluding carboxylic acids is 1. The third-order valence-corrected chi connectivity index (χ3v) is 7.99. The number of aryl methyl sites for hydroxylation is 1. The third-order valence-electron chi connectivity index (χ3n) is 6.88. The van der Waals surface area contributed by atoms with Crippen LogP contribution in [0.2, 0.25) is 0 Å². The Hall–Kier alpha value is -3.76. The van der Waals surface area contributed by atoms with Gasteiger partial charge in [-0.05, 0) is 70.2 Å². The summed E-state index contributed by atoms with van der Waals surface area (Å²) >= 11 is 0. The van der Waals surface area contributed by atoms with Gasteiger partial charge >= 0.3 is 6.18 Å². The molecule has 0 radical (unpaired) electrons. The minimum atomic E-state index is -4.49. The fraction of sp³-hybridized carbons (Fsp3) is 0.429. The molecule has 1 aliphatic rings. The molecule has 0 aliphatic carbocycles. The molecule has 4 rings (SSSR count). The van der Waals surface area contributed by atoms with Gasteiger partial charge in [-0.3, -0.25) is 4.79 Å². The van der Waals surface area contributed by atoms with Crippen molar-refractivity contribution in [2.45, 2.75) is 43.4 Å². The highest BCUT2D eigenvalue weighted by molar-refractivity contribution is 7.90. The number of hydrogen-bond donors (Lipinski definition) is 2. The Morgan fingerprint density at radius 1 is 1.20 bits per heavy atom. The highest BCUT2D eigenvalue weighted by Gasteiger charge is 2.31. The summed E-state index contributed by atoms with van der Waals surface area (Å²) in [5, 5.41) is 6.02. The van der Waals surface area contributed by atoms with Crippen LogP contribution in [-0.4, -0.2) is 81.0 Å². The molecule has 1 fully saturated rings. The number of nitrogens with one attached hydrogen (secondary N) is 2. The molecule has 9 nitrogen and oxygen atoms in total. The molecular weight excluding hydrogens is 559 g/mol. The van der Waals surface area contributed by atoms with Gasteiger partial charge in [0, 0.05) is 17.9 Å². The fourth-order valence-corrected chi connectivity index (χ4v) is 5.37. The van der Waals surface area contributed by atoms with Gasteiger partial charge in [-0.1, -0.05) is 11.8 Å². The van der Waals surface area contributed by atoms with Crippen molar-refractivity contribution in [3.8, 4) is 17.6 Å². The van der Waals surface area contributed by atoms with Crippen molar-refractivity contribution in [1.29, 1.82) is 0 Å². The van der Waals surface area contributed by atoms with E-state index in [0.717, 1.165) is 36.8 Å². The zero-order chi connectivity index (χ0) is 29.9. The van der Waals surface area contributed by atoms with Gasteiger partial charge in [0.2, 0.25) is 0 Å². The van der Waals surface area contributed by atoms with Gasteiger partial charge in [0.05, 0.1) is 35.3 Å². The maximum Gasteiger partial charge on any atom is 0.406 e. The number of methoxy groups -OCH3 is 1. The summed E-state index contributed by atoms with van der Waals surface area (Å²) in [4.78, 5) is 19.9. The van der Waals surface area contributed by atoms with Crippen LogP contribution < -0.4 is 15.4 Å². The summed E-state index contributed by atoms with van der Waals surface area (Å²) < 4.78 is 70.4. The average molecular weight is 592 g/mol. The topological polar surface area (TPSA) is 106 Å². The third kappa shape index (κ3) is 7.51. The van der Waals surface area contributed by atoms with Crippen molar-refractivity contribution in [3.05, 3.63) is 47.3 Å². The van der Waals surface area contributed by atoms with E-state index in [-0.39, 0.29) is 39.9 Å². The maximum absolute atomic E-state index is 13.4. The summed E-state index contributed by atoms with van der Waals surface area (Å²) in [6.07, 6.45) is -1.86. The van der Waals surface area contributed by atoms with Gasteiger partial charge in [-0.15, -0.1) is 0 Å². The first-order chi connectivity index (χ1) is 19.2. The zero-order valence-corrected chi connectivity index (χ0v) is 24.0. The van der Waals surface area contributed by atoms with Crippen molar-refractivity contribution >= 4 is 32.5 Å². The number of piperidine rings is 1. The van der Waals surface area contributed by atoms with E-state index in [4.69, 9.17) is 4.74 Å². The predicted molar refractivity (Wildman–Crippen MR) is 150 cm³/mol. The molecule has 1 amide bonds. The van der Waals surface area contributed by atoms with Crippen molar-refractivity contribution in [3.63, 3.8) is 0 Å². The van der Waals surface area contributed by atoms with E-state index in [1.807, 2.05) is 7.05 Å². The number of nitrogens with zero attached hydrogens (tertiary/aromatic N) is 3. The number of amides is 1. The first-order valence-electron chi connectivity index (χ1n) is 12.9. The van der Waals surface area contributed by atoms with Crippen LogP contribution in [0.15, 0.2) is 35.2 Å². The number of halogens is 3. The second kappa shape index (κ2) is 12.0. The molecule has 41 heavy (non-hydrogen) atoms. The number of aromatic nitrogens is 2. The average Bonchev–Trinajstić information content (AvgIpc) is 3.20. The minimum absolute atomic E-state index is 0.0521. The predicted octanol–water partition coefficient (Wildman–Crippen LogP) is 3.61. The number of sulfone groups is 1. The summed E-state index contributed by atoms with van der Waals surface area (Å²) in [5.74, 6) is 5.95. The monoisotopic (exact) mass is 591 g/mol. The van der Waals surface area contributed by atoms with Crippen molar-refractivity contribution in [2.75, 3.05) is 45.4 Å². The lowest BCUT2D eigenvalue weighted by Gasteiger charge is -2.29. The molecule has 2 heterocycles. The molecule has 1 aliphatic heterocycles. The Labute approximate surface area is 237 Å². The van der Waals surface area contributed by atoms with E-state index in [1.54, 1.807) is 0 Å². The summed E-state index contributed by atoms with van der Waals surface area (Å²) in [6.45, 7) is 1.95. The second-order valence-corrected chi connectivity index (χ2v) is 12.1. The molecule has 0 spiro atoms. The molecule has 220 valence electrons. The van der Waals surface area contributed by atoms with Crippen molar-refractivity contribution in [2.24, 2.45) is 0 Å². The van der Waals surface area contributed by atoms with Crippen LogP contribution in [0.3, 0.4) is 0 Å². The number of likely N-dealkylation sites (tertiary alicyclic amines) is 1. The standard InChI is InChI=1S/C28H32F3N5O4S/c1-18-33-26-22(27(37)34-20-9-12-35(2)13-10-20)14-19(15-24(26)36(18)17-28(29,30)31)6-5-11-32-23-16-21(41(4,38)39)7-8-25(23)40-3/h7-8,14-16,20,32H,9-13,17H2,1-4H3,(H,34,37). The number of benzene rings is 2. The highest BCUT2D eigenvalue weighted by Crippen LogP contribution is 2.28. The summed E-state index contributed by atoms with van der Waals surface area (Å²) in [5.41, 5.74) is 1.26. The van der Waals surface area contributed by atoms with Crippen LogP contribution in [0.25, 0.3) is 11.0 Å². The van der Waals surface area contributed by atoms with E-state index in [9.17, 15) is 26.4 Å². The first-order valence-corrected chi connectivity index (χ1v) is 14.8. The number of carbonyl (C=O) groups is 1. The Morgan fingerprint density at radius 3 is 2.54 bits per heavy atom. The van der Waals surface area contributed by atoms with Gasteiger partial charge in [0.25, 0.3) is 5.91 Å². The molecule has 13 heteroatoms. The molecule has 0 atom stereocenters. The molecular formula is C28H32F3N5O4S. The molecule has 0 unspecified atom stereocenters. The van der Waals surface area contributed by atoms with Crippen LogP contribution in [0.5, 0.6) is 5.75 Å². The highest BCUT2D eigenvalue weighted by atomic mass is 32.2. The molecule has 2 N–H and O–H groups in total. The molecule has 1 saturated heterocycles. The number of ether oxygens (including phenoxy) is 1. The van der Waals surface area contributed by atoms with Gasteiger partial charge in [0.15, 0.2) is 9.84 Å². The second-order valence-electron chi connectivity index (χ2n) is 10.1. The lowest BCUT2D eigenvalue weighted by atomic mass is 10.0. The smallest absolute Gasteiger partial charge is 0.406 e. The van der Waals surface area contributed by atoms with Crippen LogP contribution in [-0.2, 0) is 16.4 Å². The van der Waals surface area contributed by atoms with Crippen LogP contribution in [0.4, 0.5) is 18.9 Å². The number of alkyl halides is 3. The van der Waals surface area contributed by atoms with Gasteiger partial charge in [0.1, 0.15) is 23.6 Å². The molecule has 0 saturated carbocycles. The minimum Gasteiger partial charge on any atom is -0.495 e. The van der Waals surface area contributed by atoms with Gasteiger partial charge < -0.3 is 24.8 Å². The number of hydrogen-bond acceptors (Lipinski definition) is 7. The first kappa shape index (κ1) is 30.2. The van der Waals surface area contributed by atoms with Gasteiger partial charge in [-0.25, -0.2) is 13.4 Å². The van der Waals surface area contributed by atoms with Crippen molar-refractivity contribution in [1.82, 2.24) is 19.8 Å². The maximum atomic E-state index is 13.4. The SMILES string of the molecule is COc1ccc(S(C)(=O)=O)cc1NCC#Cc1cc(C(=O)NC2CCN(C)CC2)c2nc(C)n(CC(F)(F)F)c2c1. The zero-order valence-electron chi connectivity index (χ0n) is 23.2. The summed E-state index contributed by atoms with van der Waals surface area (Å²) in [6, 6.07) is 7.37. The van der Waals surface area contributed by atoms with E-state index in [2.05, 4.69) is 32.4 Å². The Morgan fingerprint density at radius 2 is 1.90 bits per heavy atom. The number of imidazole rings is 1. The molecule has 0 bridgehead atoms. The Bertz CT molecular complexity index is 1620. The van der Waals surface area contributed by atoms with Crippen LogP contribution >= 0.6 is 0 Å². The van der Waals surface area contributed by atoms with Crippen LogP contribution in [0.1, 0.15) is 34.6 Å². The molecule has 2 aromatic carbocycles. The lowest BCUT2D eigenvalue weighted by molar-refractivity contribution is -0.140. The normalized spacial score (nSPS) is 14.9. The van der Waals surface area contributed by atoms with Gasteiger partial charge in [-0.2, -0.15) is 13.2 Å². The van der Waals surface area contributed by atoms with E-state index < -0.39 is 28.5 Å². The summed E-state index contributed by atoms with van der Waals surface area (Å²) in [7, 11) is 0.0106. The largest absolute Gasteiger partial charge is 0.495 e. The molecule has 1 aromatic heterocycles. The van der Waals surface area contributed by atoms with E-state index in [1.165, 1.54) is 44.4 Å².